The second kappa shape index (κ2) is 13.9. The van der Waals surface area contributed by atoms with Crippen molar-refractivity contribution in [2.45, 2.75) is 62.7 Å². The van der Waals surface area contributed by atoms with Crippen molar-refractivity contribution in [3.63, 3.8) is 0 Å². The number of aromatic nitrogens is 2. The SMILES string of the molecule is O=C(O)CCC(NC(=O)C(Cc1ccccc1)NC(=O)C(Cc1cnc[nH]1)NC(=O)C1CCCN1)C(=O)O. The number of rotatable bonds is 14. The van der Waals surface area contributed by atoms with Gasteiger partial charge in [0.05, 0.1) is 12.4 Å². The summed E-state index contributed by atoms with van der Waals surface area (Å²) in [7, 11) is 0. The Morgan fingerprint density at radius 3 is 2.21 bits per heavy atom. The molecule has 4 atom stereocenters. The molecule has 1 aliphatic heterocycles. The molecular weight excluding hydrogens is 496 g/mol. The van der Waals surface area contributed by atoms with E-state index in [9.17, 15) is 29.1 Å². The van der Waals surface area contributed by atoms with Crippen LogP contribution in [0, 0.1) is 0 Å². The lowest BCUT2D eigenvalue weighted by atomic mass is 10.0. The second-order valence-electron chi connectivity index (χ2n) is 9.07. The molecular formula is C25H32N6O7. The van der Waals surface area contributed by atoms with Crippen LogP contribution in [0.25, 0.3) is 0 Å². The highest BCUT2D eigenvalue weighted by atomic mass is 16.4. The maximum Gasteiger partial charge on any atom is 0.326 e. The number of amides is 3. The Kier molecular flexibility index (Phi) is 10.3. The zero-order valence-corrected chi connectivity index (χ0v) is 20.7. The molecule has 0 spiro atoms. The topological polar surface area (TPSA) is 203 Å². The summed E-state index contributed by atoms with van der Waals surface area (Å²) in [6.07, 6.45) is 3.78. The fourth-order valence-corrected chi connectivity index (χ4v) is 4.14. The average molecular weight is 529 g/mol. The van der Waals surface area contributed by atoms with E-state index >= 15 is 0 Å². The van der Waals surface area contributed by atoms with Gasteiger partial charge in [-0.3, -0.25) is 19.2 Å². The van der Waals surface area contributed by atoms with Crippen molar-refractivity contribution in [2.75, 3.05) is 6.54 Å². The third kappa shape index (κ3) is 8.69. The third-order valence-corrected chi connectivity index (χ3v) is 6.17. The lowest BCUT2D eigenvalue weighted by Crippen LogP contribution is -2.58. The van der Waals surface area contributed by atoms with Crippen LogP contribution in [-0.2, 0) is 36.8 Å². The Bertz CT molecular complexity index is 1100. The first-order chi connectivity index (χ1) is 18.2. The zero-order chi connectivity index (χ0) is 27.5. The normalized spacial score (nSPS) is 17.1. The Balaban J connectivity index is 1.78. The fourth-order valence-electron chi connectivity index (χ4n) is 4.14. The molecule has 0 aliphatic carbocycles. The largest absolute Gasteiger partial charge is 0.481 e. The van der Waals surface area contributed by atoms with E-state index in [1.54, 1.807) is 30.3 Å². The molecule has 1 fully saturated rings. The molecule has 0 saturated carbocycles. The van der Waals surface area contributed by atoms with E-state index in [1.807, 2.05) is 0 Å². The number of carboxylic acids is 2. The van der Waals surface area contributed by atoms with Crippen molar-refractivity contribution in [1.29, 1.82) is 0 Å². The predicted molar refractivity (Wildman–Crippen MR) is 134 cm³/mol. The predicted octanol–water partition coefficient (Wildman–Crippen LogP) is -0.649. The molecule has 0 bridgehead atoms. The summed E-state index contributed by atoms with van der Waals surface area (Å²) in [4.78, 5) is 68.7. The number of imidazole rings is 1. The second-order valence-corrected chi connectivity index (χ2v) is 9.07. The van der Waals surface area contributed by atoms with Crippen LogP contribution in [0.1, 0.15) is 36.9 Å². The molecule has 38 heavy (non-hydrogen) atoms. The van der Waals surface area contributed by atoms with Gasteiger partial charge in [-0.05, 0) is 31.4 Å². The molecule has 7 N–H and O–H groups in total. The number of hydrogen-bond donors (Lipinski definition) is 7. The molecule has 3 amide bonds. The van der Waals surface area contributed by atoms with Crippen LogP contribution in [0.2, 0.25) is 0 Å². The van der Waals surface area contributed by atoms with Gasteiger partial charge in [0.15, 0.2) is 0 Å². The summed E-state index contributed by atoms with van der Waals surface area (Å²) in [5.41, 5.74) is 1.29. The van der Waals surface area contributed by atoms with Crippen LogP contribution in [0.15, 0.2) is 42.9 Å². The summed E-state index contributed by atoms with van der Waals surface area (Å²) >= 11 is 0. The van der Waals surface area contributed by atoms with E-state index in [-0.39, 0.29) is 25.2 Å². The maximum absolute atomic E-state index is 13.4. The van der Waals surface area contributed by atoms with Gasteiger partial charge in [0.2, 0.25) is 17.7 Å². The minimum Gasteiger partial charge on any atom is -0.481 e. The highest BCUT2D eigenvalue weighted by Crippen LogP contribution is 2.09. The quantitative estimate of drug-likeness (QED) is 0.166. The number of carbonyl (C=O) groups excluding carboxylic acids is 3. The third-order valence-electron chi connectivity index (χ3n) is 6.17. The van der Waals surface area contributed by atoms with Gasteiger partial charge in [0, 0.05) is 31.2 Å². The van der Waals surface area contributed by atoms with Crippen molar-refractivity contribution in [2.24, 2.45) is 0 Å². The van der Waals surface area contributed by atoms with E-state index in [1.165, 1.54) is 12.5 Å². The van der Waals surface area contributed by atoms with Crippen molar-refractivity contribution in [3.05, 3.63) is 54.1 Å². The molecule has 1 aromatic carbocycles. The molecule has 3 rings (SSSR count). The Morgan fingerprint density at radius 2 is 1.63 bits per heavy atom. The molecule has 204 valence electrons. The summed E-state index contributed by atoms with van der Waals surface area (Å²) in [6, 6.07) is 4.69. The number of nitrogens with zero attached hydrogens (tertiary/aromatic N) is 1. The smallest absolute Gasteiger partial charge is 0.326 e. The van der Waals surface area contributed by atoms with Crippen LogP contribution >= 0.6 is 0 Å². The molecule has 2 heterocycles. The standard InChI is InChI=1S/C25H32N6O7/c32-21(33)9-8-18(25(37)38)29-23(35)19(11-15-5-2-1-3-6-15)30-24(36)20(12-16-13-26-14-28-16)31-22(34)17-7-4-10-27-17/h1-3,5-6,13-14,17-20,27H,4,7-12H2,(H,26,28)(H,29,35)(H,30,36)(H,31,34)(H,32,33)(H,37,38). The van der Waals surface area contributed by atoms with Gasteiger partial charge < -0.3 is 36.5 Å². The summed E-state index contributed by atoms with van der Waals surface area (Å²) < 4.78 is 0. The van der Waals surface area contributed by atoms with Gasteiger partial charge in [-0.15, -0.1) is 0 Å². The summed E-state index contributed by atoms with van der Waals surface area (Å²) in [5.74, 6) is -4.36. The van der Waals surface area contributed by atoms with Crippen LogP contribution < -0.4 is 21.3 Å². The molecule has 4 unspecified atom stereocenters. The van der Waals surface area contributed by atoms with E-state index in [0.29, 0.717) is 24.2 Å². The molecule has 1 saturated heterocycles. The number of aromatic amines is 1. The van der Waals surface area contributed by atoms with E-state index in [4.69, 9.17) is 5.11 Å². The van der Waals surface area contributed by atoms with Crippen LogP contribution in [0.4, 0.5) is 0 Å². The zero-order valence-electron chi connectivity index (χ0n) is 20.7. The minimum absolute atomic E-state index is 0.0403. The van der Waals surface area contributed by atoms with E-state index in [0.717, 1.165) is 6.42 Å². The lowest BCUT2D eigenvalue weighted by molar-refractivity contribution is -0.143. The Labute approximate surface area is 218 Å². The van der Waals surface area contributed by atoms with Crippen LogP contribution in [0.3, 0.4) is 0 Å². The minimum atomic E-state index is -1.46. The highest BCUT2D eigenvalue weighted by Gasteiger charge is 2.32. The monoisotopic (exact) mass is 528 g/mol. The van der Waals surface area contributed by atoms with E-state index in [2.05, 4.69) is 31.2 Å². The van der Waals surface area contributed by atoms with Gasteiger partial charge >= 0.3 is 11.9 Å². The van der Waals surface area contributed by atoms with Crippen molar-refractivity contribution >= 4 is 29.7 Å². The maximum atomic E-state index is 13.4. The van der Waals surface area contributed by atoms with Gasteiger partial charge in [-0.1, -0.05) is 30.3 Å². The van der Waals surface area contributed by atoms with Crippen LogP contribution in [0.5, 0.6) is 0 Å². The number of benzene rings is 1. The Morgan fingerprint density at radius 1 is 0.947 bits per heavy atom. The fraction of sp³-hybridized carbons (Fsp3) is 0.440. The molecule has 1 aliphatic rings. The molecule has 13 heteroatoms. The Hall–Kier alpha value is -4.26. The average Bonchev–Trinajstić information content (AvgIpc) is 3.60. The highest BCUT2D eigenvalue weighted by molar-refractivity contribution is 5.94. The van der Waals surface area contributed by atoms with E-state index < -0.39 is 54.3 Å². The molecule has 1 aromatic heterocycles. The molecule has 2 aromatic rings. The first-order valence-corrected chi connectivity index (χ1v) is 12.3. The summed E-state index contributed by atoms with van der Waals surface area (Å²) in [6.45, 7) is 0.696. The number of aliphatic carboxylic acids is 2. The first kappa shape index (κ1) is 28.3. The number of H-pyrrole nitrogens is 1. The number of nitrogens with one attached hydrogen (secondary N) is 5. The van der Waals surface area contributed by atoms with Gasteiger partial charge in [-0.25, -0.2) is 9.78 Å². The van der Waals surface area contributed by atoms with Crippen LogP contribution in [-0.4, -0.2) is 80.6 Å². The number of carbonyl (C=O) groups is 5. The van der Waals surface area contributed by atoms with Gasteiger partial charge in [0.1, 0.15) is 18.1 Å². The van der Waals surface area contributed by atoms with Crippen molar-refractivity contribution < 1.29 is 34.2 Å². The number of hydrogen-bond acceptors (Lipinski definition) is 7. The number of carboxylic acid groups (broad SMARTS) is 2. The lowest BCUT2D eigenvalue weighted by Gasteiger charge is -2.25. The van der Waals surface area contributed by atoms with Crippen molar-refractivity contribution in [1.82, 2.24) is 31.2 Å². The summed E-state index contributed by atoms with van der Waals surface area (Å²) in [5, 5.41) is 29.2. The first-order valence-electron chi connectivity index (χ1n) is 12.3. The van der Waals surface area contributed by atoms with Crippen molar-refractivity contribution in [3.8, 4) is 0 Å². The van der Waals surface area contributed by atoms with Gasteiger partial charge in [-0.2, -0.15) is 0 Å². The van der Waals surface area contributed by atoms with Gasteiger partial charge in [0.25, 0.3) is 0 Å². The molecule has 0 radical (unpaired) electrons. The molecule has 13 nitrogen and oxygen atoms in total.